The quantitative estimate of drug-likeness (QED) is 0.805. The summed E-state index contributed by atoms with van der Waals surface area (Å²) in [5.74, 6) is 0.453. The molecule has 2 aromatic rings. The summed E-state index contributed by atoms with van der Waals surface area (Å²) in [6.45, 7) is 2.85. The number of ether oxygens (including phenoxy) is 2. The highest BCUT2D eigenvalue weighted by molar-refractivity contribution is 6.30. The van der Waals surface area contributed by atoms with Gasteiger partial charge in [0.1, 0.15) is 16.5 Å². The van der Waals surface area contributed by atoms with Crippen molar-refractivity contribution in [3.05, 3.63) is 35.1 Å². The van der Waals surface area contributed by atoms with Crippen molar-refractivity contribution >= 4 is 28.9 Å². The number of alkyl halides is 3. The van der Waals surface area contributed by atoms with Crippen molar-refractivity contribution in [1.29, 1.82) is 0 Å². The molecule has 3 rings (SSSR count). The van der Waals surface area contributed by atoms with Gasteiger partial charge in [-0.2, -0.15) is 13.2 Å². The Bertz CT molecular complexity index is 783. The molecule has 0 radical (unpaired) electrons. The second kappa shape index (κ2) is 7.55. The van der Waals surface area contributed by atoms with Crippen LogP contribution in [0, 0.1) is 0 Å². The highest BCUT2D eigenvalue weighted by Gasteiger charge is 2.34. The van der Waals surface area contributed by atoms with Crippen molar-refractivity contribution in [3.63, 3.8) is 0 Å². The Kier molecular flexibility index (Phi) is 5.38. The van der Waals surface area contributed by atoms with Gasteiger partial charge in [0.2, 0.25) is 5.95 Å². The van der Waals surface area contributed by atoms with Gasteiger partial charge in [-0.05, 0) is 12.1 Å². The van der Waals surface area contributed by atoms with Gasteiger partial charge < -0.3 is 19.7 Å². The first-order chi connectivity index (χ1) is 12.4. The molecular formula is C16H16ClF3N4O2. The molecule has 0 atom stereocenters. The number of anilines is 3. The topological polar surface area (TPSA) is 59.5 Å². The Morgan fingerprint density at radius 2 is 2.00 bits per heavy atom. The van der Waals surface area contributed by atoms with Crippen molar-refractivity contribution in [2.45, 2.75) is 6.18 Å². The molecule has 1 saturated heterocycles. The number of rotatable bonds is 4. The minimum atomic E-state index is -4.60. The Hall–Kier alpha value is -2.26. The van der Waals surface area contributed by atoms with Crippen molar-refractivity contribution in [2.24, 2.45) is 0 Å². The predicted molar refractivity (Wildman–Crippen MR) is 91.4 cm³/mol. The van der Waals surface area contributed by atoms with Crippen LogP contribution in [0.3, 0.4) is 0 Å². The first kappa shape index (κ1) is 18.5. The zero-order valence-electron chi connectivity index (χ0n) is 13.8. The maximum Gasteiger partial charge on any atom is 0.420 e. The van der Waals surface area contributed by atoms with Gasteiger partial charge in [-0.1, -0.05) is 11.6 Å². The largest absolute Gasteiger partial charge is 0.494 e. The molecule has 1 aromatic heterocycles. The zero-order chi connectivity index (χ0) is 18.7. The van der Waals surface area contributed by atoms with E-state index in [0.717, 1.165) is 18.8 Å². The van der Waals surface area contributed by atoms with E-state index in [0.29, 0.717) is 30.8 Å². The fourth-order valence-corrected chi connectivity index (χ4v) is 2.77. The number of nitrogens with one attached hydrogen (secondary N) is 1. The summed E-state index contributed by atoms with van der Waals surface area (Å²) in [5.41, 5.74) is 0.391. The van der Waals surface area contributed by atoms with Gasteiger partial charge in [-0.15, -0.1) is 0 Å². The molecule has 0 amide bonds. The van der Waals surface area contributed by atoms with Crippen LogP contribution in [0.25, 0.3) is 0 Å². The van der Waals surface area contributed by atoms with Crippen LogP contribution in [0.15, 0.2) is 24.4 Å². The van der Waals surface area contributed by atoms with Crippen LogP contribution >= 0.6 is 11.6 Å². The molecule has 0 spiro atoms. The maximum atomic E-state index is 12.7. The number of hydrogen-bond donors (Lipinski definition) is 1. The normalized spacial score (nSPS) is 15.0. The van der Waals surface area contributed by atoms with Crippen molar-refractivity contribution in [3.8, 4) is 5.75 Å². The minimum Gasteiger partial charge on any atom is -0.494 e. The van der Waals surface area contributed by atoms with Crippen LogP contribution < -0.4 is 15.0 Å². The van der Waals surface area contributed by atoms with E-state index in [2.05, 4.69) is 20.2 Å². The Morgan fingerprint density at radius 3 is 2.62 bits per heavy atom. The lowest BCUT2D eigenvalue weighted by molar-refractivity contribution is -0.137. The molecule has 1 aliphatic rings. The molecule has 0 saturated carbocycles. The fraction of sp³-hybridized carbons (Fsp3) is 0.375. The highest BCUT2D eigenvalue weighted by Crippen LogP contribution is 2.35. The van der Waals surface area contributed by atoms with E-state index >= 15 is 0 Å². The number of aromatic nitrogens is 2. The minimum absolute atomic E-state index is 0.0552. The summed E-state index contributed by atoms with van der Waals surface area (Å²) in [5, 5.41) is 2.16. The second-order valence-electron chi connectivity index (χ2n) is 5.50. The lowest BCUT2D eigenvalue weighted by Gasteiger charge is -2.29. The first-order valence-electron chi connectivity index (χ1n) is 7.76. The van der Waals surface area contributed by atoms with E-state index in [-0.39, 0.29) is 5.95 Å². The van der Waals surface area contributed by atoms with E-state index in [1.807, 2.05) is 12.1 Å². The third-order valence-corrected chi connectivity index (χ3v) is 4.14. The van der Waals surface area contributed by atoms with Gasteiger partial charge in [0.05, 0.1) is 26.0 Å². The fourth-order valence-electron chi connectivity index (χ4n) is 2.53. The van der Waals surface area contributed by atoms with Crippen LogP contribution in [-0.4, -0.2) is 43.4 Å². The Labute approximate surface area is 152 Å². The zero-order valence-corrected chi connectivity index (χ0v) is 14.6. The Balaban J connectivity index is 1.82. The van der Waals surface area contributed by atoms with Crippen molar-refractivity contribution in [1.82, 2.24) is 9.97 Å². The van der Waals surface area contributed by atoms with Gasteiger partial charge >= 0.3 is 6.18 Å². The standard InChI is InChI=1S/C16H16ClF3N4O2/c1-25-13-8-10(24-4-6-26-7-5-24)2-3-12(13)22-15-21-9-11(14(17)23-15)16(18,19)20/h2-3,8-9H,4-7H2,1H3,(H,21,22,23). The number of nitrogens with zero attached hydrogens (tertiary/aromatic N) is 3. The van der Waals surface area contributed by atoms with Crippen LogP contribution in [-0.2, 0) is 10.9 Å². The number of hydrogen-bond acceptors (Lipinski definition) is 6. The monoisotopic (exact) mass is 388 g/mol. The average Bonchev–Trinajstić information content (AvgIpc) is 2.62. The number of halogens is 4. The molecular weight excluding hydrogens is 373 g/mol. The lowest BCUT2D eigenvalue weighted by atomic mass is 10.2. The summed E-state index contributed by atoms with van der Waals surface area (Å²) in [4.78, 5) is 9.50. The van der Waals surface area contributed by atoms with E-state index < -0.39 is 16.9 Å². The van der Waals surface area contributed by atoms with Gasteiger partial charge in [0.25, 0.3) is 0 Å². The van der Waals surface area contributed by atoms with Crippen molar-refractivity contribution in [2.75, 3.05) is 43.6 Å². The maximum absolute atomic E-state index is 12.7. The molecule has 10 heteroatoms. The number of methoxy groups -OCH3 is 1. The molecule has 1 aliphatic heterocycles. The van der Waals surface area contributed by atoms with Crippen LogP contribution in [0.5, 0.6) is 5.75 Å². The second-order valence-corrected chi connectivity index (χ2v) is 5.86. The molecule has 0 unspecified atom stereocenters. The Morgan fingerprint density at radius 1 is 1.27 bits per heavy atom. The van der Waals surface area contributed by atoms with Crippen LogP contribution in [0.4, 0.5) is 30.5 Å². The molecule has 140 valence electrons. The highest BCUT2D eigenvalue weighted by atomic mass is 35.5. The summed E-state index contributed by atoms with van der Waals surface area (Å²) in [7, 11) is 1.50. The average molecular weight is 389 g/mol. The molecule has 26 heavy (non-hydrogen) atoms. The van der Waals surface area contributed by atoms with Gasteiger partial charge in [-0.25, -0.2) is 9.97 Å². The van der Waals surface area contributed by atoms with Gasteiger partial charge in [0, 0.05) is 31.0 Å². The molecule has 1 N–H and O–H groups in total. The summed E-state index contributed by atoms with van der Waals surface area (Å²) < 4.78 is 48.9. The molecule has 0 bridgehead atoms. The summed E-state index contributed by atoms with van der Waals surface area (Å²) in [6, 6.07) is 5.46. The molecule has 6 nitrogen and oxygen atoms in total. The molecule has 2 heterocycles. The summed E-state index contributed by atoms with van der Waals surface area (Å²) >= 11 is 5.62. The first-order valence-corrected chi connectivity index (χ1v) is 8.14. The summed E-state index contributed by atoms with van der Waals surface area (Å²) in [6.07, 6.45) is -3.96. The SMILES string of the molecule is COc1cc(N2CCOCC2)ccc1Nc1ncc(C(F)(F)F)c(Cl)n1. The van der Waals surface area contributed by atoms with Crippen molar-refractivity contribution < 1.29 is 22.6 Å². The van der Waals surface area contributed by atoms with Gasteiger partial charge in [0.15, 0.2) is 0 Å². The third kappa shape index (κ3) is 4.10. The third-order valence-electron chi connectivity index (χ3n) is 3.86. The lowest BCUT2D eigenvalue weighted by Crippen LogP contribution is -2.36. The molecule has 1 aromatic carbocycles. The number of morpholine rings is 1. The molecule has 0 aliphatic carbocycles. The van der Waals surface area contributed by atoms with Gasteiger partial charge in [-0.3, -0.25) is 0 Å². The van der Waals surface area contributed by atoms with E-state index in [1.54, 1.807) is 6.07 Å². The predicted octanol–water partition coefficient (Wildman–Crippen LogP) is 3.74. The van der Waals surface area contributed by atoms with E-state index in [1.165, 1.54) is 7.11 Å². The smallest absolute Gasteiger partial charge is 0.420 e. The van der Waals surface area contributed by atoms with E-state index in [4.69, 9.17) is 21.1 Å². The molecule has 1 fully saturated rings. The number of benzene rings is 1. The van der Waals surface area contributed by atoms with E-state index in [9.17, 15) is 13.2 Å². The van der Waals surface area contributed by atoms with Crippen LogP contribution in [0.2, 0.25) is 5.15 Å². The van der Waals surface area contributed by atoms with Crippen LogP contribution in [0.1, 0.15) is 5.56 Å².